The molecule has 0 heterocycles. The first-order valence-electron chi connectivity index (χ1n) is 7.39. The normalized spacial score (nSPS) is 12.6. The van der Waals surface area contributed by atoms with Gasteiger partial charge in [-0.25, -0.2) is 0 Å². The fourth-order valence-electron chi connectivity index (χ4n) is 2.16. The van der Waals surface area contributed by atoms with Crippen LogP contribution in [0.2, 0.25) is 0 Å². The van der Waals surface area contributed by atoms with Gasteiger partial charge in [-0.3, -0.25) is 4.79 Å². The number of carbonyl (C=O) groups is 1. The lowest BCUT2D eigenvalue weighted by molar-refractivity contribution is -0.137. The van der Waals surface area contributed by atoms with E-state index >= 15 is 0 Å². The summed E-state index contributed by atoms with van der Waals surface area (Å²) in [4.78, 5) is 12.1. The molecule has 0 spiro atoms. The van der Waals surface area contributed by atoms with Crippen molar-refractivity contribution in [2.24, 2.45) is 0 Å². The molecule has 128 valence electrons. The van der Waals surface area contributed by atoms with E-state index in [0.29, 0.717) is 5.75 Å². The summed E-state index contributed by atoms with van der Waals surface area (Å²) >= 11 is 0. The Labute approximate surface area is 138 Å². The zero-order valence-corrected chi connectivity index (χ0v) is 13.6. The third-order valence-corrected chi connectivity index (χ3v) is 3.48. The summed E-state index contributed by atoms with van der Waals surface area (Å²) in [6, 6.07) is 9.87. The van der Waals surface area contributed by atoms with Crippen LogP contribution < -0.4 is 10.1 Å². The van der Waals surface area contributed by atoms with E-state index in [1.165, 1.54) is 12.1 Å². The zero-order valence-electron chi connectivity index (χ0n) is 13.6. The van der Waals surface area contributed by atoms with Crippen molar-refractivity contribution < 1.29 is 22.7 Å². The lowest BCUT2D eigenvalue weighted by atomic mass is 10.1. The topological polar surface area (TPSA) is 38.3 Å². The molecule has 0 saturated heterocycles. The van der Waals surface area contributed by atoms with Gasteiger partial charge in [0.2, 0.25) is 0 Å². The van der Waals surface area contributed by atoms with Crippen LogP contribution >= 0.6 is 0 Å². The maximum atomic E-state index is 12.5. The highest BCUT2D eigenvalue weighted by molar-refractivity contribution is 5.94. The number of carbonyl (C=O) groups excluding carboxylic acids is 1. The molecule has 6 heteroatoms. The van der Waals surface area contributed by atoms with Gasteiger partial charge < -0.3 is 10.1 Å². The third kappa shape index (κ3) is 4.50. The van der Waals surface area contributed by atoms with Gasteiger partial charge in [0.15, 0.2) is 6.10 Å². The molecule has 1 atom stereocenters. The van der Waals surface area contributed by atoms with Crippen LogP contribution in [0.1, 0.15) is 23.6 Å². The molecule has 2 aromatic carbocycles. The number of halogens is 3. The number of hydrogen-bond donors (Lipinski definition) is 1. The summed E-state index contributed by atoms with van der Waals surface area (Å²) in [5.41, 5.74) is 1.51. The van der Waals surface area contributed by atoms with E-state index in [9.17, 15) is 18.0 Å². The van der Waals surface area contributed by atoms with Gasteiger partial charge in [-0.2, -0.15) is 13.2 Å². The van der Waals surface area contributed by atoms with Crippen molar-refractivity contribution in [3.05, 3.63) is 59.2 Å². The number of benzene rings is 2. The van der Waals surface area contributed by atoms with E-state index in [1.54, 1.807) is 13.0 Å². The van der Waals surface area contributed by atoms with E-state index in [2.05, 4.69) is 5.32 Å². The minimum absolute atomic E-state index is 0.282. The quantitative estimate of drug-likeness (QED) is 0.876. The second kappa shape index (κ2) is 6.95. The average molecular weight is 337 g/mol. The van der Waals surface area contributed by atoms with E-state index < -0.39 is 23.8 Å². The molecular weight excluding hydrogens is 319 g/mol. The van der Waals surface area contributed by atoms with Gasteiger partial charge in [-0.1, -0.05) is 17.7 Å². The molecule has 24 heavy (non-hydrogen) atoms. The molecule has 3 nitrogen and oxygen atoms in total. The summed E-state index contributed by atoms with van der Waals surface area (Å²) in [5.74, 6) is 0.158. The van der Waals surface area contributed by atoms with Crippen LogP contribution in [0.25, 0.3) is 0 Å². The first-order chi connectivity index (χ1) is 11.2. The minimum Gasteiger partial charge on any atom is -0.481 e. The molecule has 1 unspecified atom stereocenters. The number of aryl methyl sites for hydroxylation is 2. The molecule has 0 radical (unpaired) electrons. The van der Waals surface area contributed by atoms with Gasteiger partial charge in [0.05, 0.1) is 5.56 Å². The summed E-state index contributed by atoms with van der Waals surface area (Å²) in [6.07, 6.45) is -5.18. The molecule has 0 aromatic heterocycles. The van der Waals surface area contributed by atoms with Crippen molar-refractivity contribution in [1.29, 1.82) is 0 Å². The first-order valence-corrected chi connectivity index (χ1v) is 7.39. The standard InChI is InChI=1S/C18H18F3NO2/c1-11-4-9-16(12(2)10-11)24-13(3)17(23)22-15-7-5-14(6-8-15)18(19,20)21/h4-10,13H,1-3H3,(H,22,23). The Bertz CT molecular complexity index is 724. The van der Waals surface area contributed by atoms with Crippen LogP contribution in [0, 0.1) is 13.8 Å². The Morgan fingerprint density at radius 1 is 1.08 bits per heavy atom. The predicted octanol–water partition coefficient (Wildman–Crippen LogP) is 4.73. The van der Waals surface area contributed by atoms with Crippen LogP contribution in [0.15, 0.2) is 42.5 Å². The summed E-state index contributed by atoms with van der Waals surface area (Å²) in [6.45, 7) is 5.42. The second-order valence-electron chi connectivity index (χ2n) is 5.59. The Morgan fingerprint density at radius 2 is 1.71 bits per heavy atom. The Kier molecular flexibility index (Phi) is 5.17. The van der Waals surface area contributed by atoms with Crippen LogP contribution in [-0.2, 0) is 11.0 Å². The fraction of sp³-hybridized carbons (Fsp3) is 0.278. The molecule has 0 saturated carbocycles. The highest BCUT2D eigenvalue weighted by Crippen LogP contribution is 2.29. The van der Waals surface area contributed by atoms with Crippen LogP contribution in [0.5, 0.6) is 5.75 Å². The van der Waals surface area contributed by atoms with Gasteiger partial charge in [0.1, 0.15) is 5.75 Å². The number of ether oxygens (including phenoxy) is 1. The van der Waals surface area contributed by atoms with Gasteiger partial charge >= 0.3 is 6.18 Å². The van der Waals surface area contributed by atoms with Gasteiger partial charge in [0, 0.05) is 5.69 Å². The molecule has 1 amide bonds. The Hall–Kier alpha value is -2.50. The zero-order chi connectivity index (χ0) is 17.9. The van der Waals surface area contributed by atoms with Gasteiger partial charge in [0.25, 0.3) is 5.91 Å². The fourth-order valence-corrected chi connectivity index (χ4v) is 2.16. The number of rotatable bonds is 4. The average Bonchev–Trinajstić information content (AvgIpc) is 2.49. The molecule has 0 bridgehead atoms. The van der Waals surface area contributed by atoms with Gasteiger partial charge in [-0.05, 0) is 56.7 Å². The summed E-state index contributed by atoms with van der Waals surface area (Å²) in [5, 5.41) is 2.54. The molecule has 0 fully saturated rings. The van der Waals surface area contributed by atoms with Crippen molar-refractivity contribution in [3.8, 4) is 5.75 Å². The molecule has 1 N–H and O–H groups in total. The smallest absolute Gasteiger partial charge is 0.416 e. The predicted molar refractivity (Wildman–Crippen MR) is 86.1 cm³/mol. The van der Waals surface area contributed by atoms with Crippen LogP contribution in [0.4, 0.5) is 18.9 Å². The molecule has 0 aliphatic carbocycles. The van der Waals surface area contributed by atoms with Crippen molar-refractivity contribution in [2.75, 3.05) is 5.32 Å². The van der Waals surface area contributed by atoms with E-state index in [-0.39, 0.29) is 5.69 Å². The Morgan fingerprint density at radius 3 is 2.25 bits per heavy atom. The monoisotopic (exact) mass is 337 g/mol. The van der Waals surface area contributed by atoms with E-state index in [1.807, 2.05) is 26.0 Å². The molecule has 2 aromatic rings. The van der Waals surface area contributed by atoms with Crippen molar-refractivity contribution in [1.82, 2.24) is 0 Å². The number of anilines is 1. The molecule has 0 aliphatic heterocycles. The maximum absolute atomic E-state index is 12.5. The van der Waals surface area contributed by atoms with Crippen molar-refractivity contribution >= 4 is 11.6 Å². The van der Waals surface area contributed by atoms with Crippen LogP contribution in [0.3, 0.4) is 0 Å². The molecular formula is C18H18F3NO2. The minimum atomic E-state index is -4.40. The molecule has 0 aliphatic rings. The number of alkyl halides is 3. The lowest BCUT2D eigenvalue weighted by Crippen LogP contribution is -2.30. The first kappa shape index (κ1) is 17.8. The van der Waals surface area contributed by atoms with Crippen LogP contribution in [-0.4, -0.2) is 12.0 Å². The highest BCUT2D eigenvalue weighted by Gasteiger charge is 2.30. The van der Waals surface area contributed by atoms with Gasteiger partial charge in [-0.15, -0.1) is 0 Å². The lowest BCUT2D eigenvalue weighted by Gasteiger charge is -2.17. The number of hydrogen-bond acceptors (Lipinski definition) is 2. The second-order valence-corrected chi connectivity index (χ2v) is 5.59. The Balaban J connectivity index is 2.01. The third-order valence-electron chi connectivity index (χ3n) is 3.48. The SMILES string of the molecule is Cc1ccc(OC(C)C(=O)Nc2ccc(C(F)(F)F)cc2)c(C)c1. The highest BCUT2D eigenvalue weighted by atomic mass is 19.4. The molecule has 2 rings (SSSR count). The summed E-state index contributed by atoms with van der Waals surface area (Å²) < 4.78 is 43.2. The van der Waals surface area contributed by atoms with E-state index in [0.717, 1.165) is 23.3 Å². The van der Waals surface area contributed by atoms with Crippen molar-refractivity contribution in [3.63, 3.8) is 0 Å². The van der Waals surface area contributed by atoms with E-state index in [4.69, 9.17) is 4.74 Å². The largest absolute Gasteiger partial charge is 0.481 e. The maximum Gasteiger partial charge on any atom is 0.416 e. The summed E-state index contributed by atoms with van der Waals surface area (Å²) in [7, 11) is 0. The number of amides is 1. The number of nitrogens with one attached hydrogen (secondary N) is 1. The van der Waals surface area contributed by atoms with Crippen molar-refractivity contribution in [2.45, 2.75) is 33.1 Å².